The van der Waals surface area contributed by atoms with Crippen molar-refractivity contribution < 1.29 is 9.13 Å². The number of fused-ring (bicyclic) bond motifs is 3. The van der Waals surface area contributed by atoms with Crippen LogP contribution in [0.1, 0.15) is 5.82 Å². The van der Waals surface area contributed by atoms with E-state index in [1.807, 2.05) is 0 Å². The van der Waals surface area contributed by atoms with E-state index in [0.29, 0.717) is 34.8 Å². The summed E-state index contributed by atoms with van der Waals surface area (Å²) in [5, 5.41) is 4.55. The summed E-state index contributed by atoms with van der Waals surface area (Å²) in [5.74, 6) is 1.48. The van der Waals surface area contributed by atoms with Crippen LogP contribution in [0.25, 0.3) is 21.9 Å². The Kier molecular flexibility index (Phi) is 4.56. The van der Waals surface area contributed by atoms with Gasteiger partial charge in [0, 0.05) is 50.7 Å². The number of aryl methyl sites for hydroxylation is 1. The Labute approximate surface area is 189 Å². The van der Waals surface area contributed by atoms with Gasteiger partial charge in [0.1, 0.15) is 23.1 Å². The summed E-state index contributed by atoms with van der Waals surface area (Å²) in [7, 11) is 1.76. The molecule has 6 rings (SSSR count). The molecular formula is C22H24FN9O. The molecule has 33 heavy (non-hydrogen) atoms. The highest BCUT2D eigenvalue weighted by Gasteiger charge is 2.39. The van der Waals surface area contributed by atoms with Crippen LogP contribution in [0.2, 0.25) is 0 Å². The summed E-state index contributed by atoms with van der Waals surface area (Å²) >= 11 is 0. The van der Waals surface area contributed by atoms with Gasteiger partial charge >= 0.3 is 6.01 Å². The van der Waals surface area contributed by atoms with Gasteiger partial charge in [0.2, 0.25) is 0 Å². The van der Waals surface area contributed by atoms with Crippen molar-refractivity contribution in [3.8, 4) is 11.8 Å². The first-order chi connectivity index (χ1) is 16.0. The van der Waals surface area contributed by atoms with Crippen LogP contribution in [0.15, 0.2) is 24.5 Å². The third-order valence-corrected chi connectivity index (χ3v) is 6.34. The second kappa shape index (κ2) is 7.49. The van der Waals surface area contributed by atoms with Crippen molar-refractivity contribution in [2.45, 2.75) is 19.0 Å². The molecule has 0 atom stereocenters. The fourth-order valence-electron chi connectivity index (χ4n) is 4.54. The standard InChI is InChI=1S/C22H24FN9O/c1-11-26-5-15(6-27-11)33-22-29-20-18(16-3-12(23)4-17(25-2)19(16)28-20)21(30-22)32-9-14(10-32)31-7-13(24)8-31/h3-6,13-14,25H,7-10,24H2,1-2H3,(H,28,29,30). The molecule has 2 saturated heterocycles. The van der Waals surface area contributed by atoms with E-state index in [1.54, 1.807) is 26.4 Å². The average molecular weight is 449 g/mol. The first-order valence-electron chi connectivity index (χ1n) is 10.9. The zero-order chi connectivity index (χ0) is 22.7. The number of nitrogens with one attached hydrogen (secondary N) is 2. The third kappa shape index (κ3) is 3.40. The number of rotatable bonds is 5. The molecule has 10 nitrogen and oxygen atoms in total. The SMILES string of the molecule is CNc1cc(F)cc2c1[nH]c1nc(Oc3cnc(C)nc3)nc(N3CC(N4CC(N)C4)C3)c12. The van der Waals surface area contributed by atoms with Crippen molar-refractivity contribution in [1.29, 1.82) is 0 Å². The number of anilines is 2. The highest BCUT2D eigenvalue weighted by molar-refractivity contribution is 6.14. The van der Waals surface area contributed by atoms with Gasteiger partial charge in [-0.1, -0.05) is 0 Å². The molecule has 0 spiro atoms. The van der Waals surface area contributed by atoms with E-state index in [2.05, 4.69) is 35.1 Å². The molecule has 0 amide bonds. The molecule has 2 aliphatic rings. The summed E-state index contributed by atoms with van der Waals surface area (Å²) in [6, 6.07) is 3.84. The number of H-pyrrole nitrogens is 1. The number of aromatic nitrogens is 5. The molecule has 4 N–H and O–H groups in total. The lowest BCUT2D eigenvalue weighted by Gasteiger charge is -2.51. The van der Waals surface area contributed by atoms with Crippen LogP contribution in [-0.4, -0.2) is 75.1 Å². The Morgan fingerprint density at radius 1 is 1.15 bits per heavy atom. The lowest BCUT2D eigenvalue weighted by atomic mass is 10.00. The molecule has 2 aliphatic heterocycles. The first kappa shape index (κ1) is 20.1. The van der Waals surface area contributed by atoms with Gasteiger partial charge in [-0.25, -0.2) is 14.4 Å². The van der Waals surface area contributed by atoms with Gasteiger partial charge in [-0.3, -0.25) is 4.90 Å². The summed E-state index contributed by atoms with van der Waals surface area (Å²) in [5.41, 5.74) is 7.95. The molecule has 0 bridgehead atoms. The van der Waals surface area contributed by atoms with Crippen LogP contribution in [0.3, 0.4) is 0 Å². The lowest BCUT2D eigenvalue weighted by molar-refractivity contribution is 0.0767. The predicted molar refractivity (Wildman–Crippen MR) is 123 cm³/mol. The van der Waals surface area contributed by atoms with Crippen molar-refractivity contribution in [1.82, 2.24) is 29.8 Å². The van der Waals surface area contributed by atoms with Gasteiger partial charge in [0.25, 0.3) is 0 Å². The second-order valence-corrected chi connectivity index (χ2v) is 8.65. The molecule has 1 aromatic carbocycles. The molecule has 4 aromatic rings. The molecule has 2 fully saturated rings. The summed E-state index contributed by atoms with van der Waals surface area (Å²) in [4.78, 5) is 25.5. The molecule has 5 heterocycles. The van der Waals surface area contributed by atoms with E-state index >= 15 is 0 Å². The Morgan fingerprint density at radius 2 is 1.91 bits per heavy atom. The predicted octanol–water partition coefficient (Wildman–Crippen LogP) is 2.01. The maximum atomic E-state index is 14.4. The fraction of sp³-hybridized carbons (Fsp3) is 0.364. The number of likely N-dealkylation sites (tertiary alicyclic amines) is 1. The van der Waals surface area contributed by atoms with E-state index in [0.717, 1.165) is 42.5 Å². The van der Waals surface area contributed by atoms with Crippen LogP contribution in [0.4, 0.5) is 15.9 Å². The van der Waals surface area contributed by atoms with Crippen LogP contribution in [-0.2, 0) is 0 Å². The van der Waals surface area contributed by atoms with Gasteiger partial charge in [-0.2, -0.15) is 9.97 Å². The first-order valence-corrected chi connectivity index (χ1v) is 10.9. The topological polar surface area (TPSA) is 121 Å². The van der Waals surface area contributed by atoms with E-state index in [-0.39, 0.29) is 17.9 Å². The Morgan fingerprint density at radius 3 is 2.61 bits per heavy atom. The number of benzene rings is 1. The number of hydrogen-bond acceptors (Lipinski definition) is 9. The normalized spacial score (nSPS) is 17.4. The molecule has 0 saturated carbocycles. The fourth-order valence-corrected chi connectivity index (χ4v) is 4.54. The maximum Gasteiger partial charge on any atom is 0.326 e. The molecule has 0 radical (unpaired) electrons. The molecular weight excluding hydrogens is 425 g/mol. The monoisotopic (exact) mass is 449 g/mol. The Bertz CT molecular complexity index is 1340. The van der Waals surface area contributed by atoms with Crippen molar-refractivity contribution >= 4 is 33.4 Å². The number of nitrogens with two attached hydrogens (primary N) is 1. The molecule has 0 unspecified atom stereocenters. The van der Waals surface area contributed by atoms with Crippen LogP contribution in [0.5, 0.6) is 11.8 Å². The smallest absolute Gasteiger partial charge is 0.326 e. The van der Waals surface area contributed by atoms with E-state index in [9.17, 15) is 4.39 Å². The highest BCUT2D eigenvalue weighted by atomic mass is 19.1. The largest absolute Gasteiger partial charge is 0.421 e. The lowest BCUT2D eigenvalue weighted by Crippen LogP contribution is -2.68. The minimum atomic E-state index is -0.327. The number of aromatic amines is 1. The second-order valence-electron chi connectivity index (χ2n) is 8.65. The Hall–Kier alpha value is -3.57. The summed E-state index contributed by atoms with van der Waals surface area (Å²) in [6.07, 6.45) is 3.17. The molecule has 11 heteroatoms. The Balaban J connectivity index is 1.44. The molecule has 170 valence electrons. The molecule has 3 aromatic heterocycles. The number of ether oxygens (including phenoxy) is 1. The average Bonchev–Trinajstić information content (AvgIpc) is 3.10. The quantitative estimate of drug-likeness (QED) is 0.420. The van der Waals surface area contributed by atoms with Crippen LogP contribution in [0, 0.1) is 12.7 Å². The van der Waals surface area contributed by atoms with Crippen molar-refractivity contribution in [3.63, 3.8) is 0 Å². The third-order valence-electron chi connectivity index (χ3n) is 6.34. The summed E-state index contributed by atoms with van der Waals surface area (Å²) in [6.45, 7) is 5.27. The van der Waals surface area contributed by atoms with Crippen molar-refractivity contribution in [2.75, 3.05) is 43.4 Å². The number of halogens is 1. The van der Waals surface area contributed by atoms with Crippen LogP contribution >= 0.6 is 0 Å². The molecule has 0 aliphatic carbocycles. The zero-order valence-corrected chi connectivity index (χ0v) is 18.3. The number of nitrogens with zero attached hydrogens (tertiary/aromatic N) is 6. The summed E-state index contributed by atoms with van der Waals surface area (Å²) < 4.78 is 20.3. The van der Waals surface area contributed by atoms with E-state index < -0.39 is 0 Å². The van der Waals surface area contributed by atoms with Gasteiger partial charge in [0.05, 0.1) is 29.0 Å². The van der Waals surface area contributed by atoms with Crippen molar-refractivity contribution in [2.24, 2.45) is 5.73 Å². The minimum absolute atomic E-state index is 0.178. The zero-order valence-electron chi connectivity index (χ0n) is 18.3. The van der Waals surface area contributed by atoms with E-state index in [4.69, 9.17) is 15.5 Å². The number of hydrogen-bond donors (Lipinski definition) is 3. The maximum absolute atomic E-state index is 14.4. The minimum Gasteiger partial charge on any atom is -0.421 e. The van der Waals surface area contributed by atoms with Gasteiger partial charge < -0.3 is 25.7 Å². The van der Waals surface area contributed by atoms with Gasteiger partial charge in [-0.15, -0.1) is 0 Å². The highest BCUT2D eigenvalue weighted by Crippen LogP contribution is 2.39. The van der Waals surface area contributed by atoms with Gasteiger partial charge in [-0.05, 0) is 19.1 Å². The van der Waals surface area contributed by atoms with Crippen LogP contribution < -0.4 is 20.7 Å². The van der Waals surface area contributed by atoms with Crippen molar-refractivity contribution in [3.05, 3.63) is 36.2 Å². The van der Waals surface area contributed by atoms with E-state index in [1.165, 1.54) is 12.1 Å². The van der Waals surface area contributed by atoms with Gasteiger partial charge in [0.15, 0.2) is 5.75 Å².